The number of nitrogens with zero attached hydrogens (tertiary/aromatic N) is 1. The second-order valence-electron chi connectivity index (χ2n) is 5.25. The van der Waals surface area contributed by atoms with Crippen molar-refractivity contribution in [3.8, 4) is 0 Å². The first-order chi connectivity index (χ1) is 12.0. The van der Waals surface area contributed by atoms with E-state index >= 15 is 0 Å². The maximum Gasteiger partial charge on any atom is 0.270 e. The van der Waals surface area contributed by atoms with Gasteiger partial charge in [0.05, 0.1) is 5.56 Å². The van der Waals surface area contributed by atoms with Gasteiger partial charge >= 0.3 is 0 Å². The van der Waals surface area contributed by atoms with Gasteiger partial charge < -0.3 is 4.90 Å². The zero-order valence-electron chi connectivity index (χ0n) is 14.0. The molecule has 0 fully saturated rings. The Kier molecular flexibility index (Phi) is 6.52. The molecule has 5 nitrogen and oxygen atoms in total. The number of hydrogen-bond acceptors (Lipinski definition) is 3. The van der Waals surface area contributed by atoms with E-state index in [2.05, 4.69) is 45.5 Å². The van der Waals surface area contributed by atoms with Crippen molar-refractivity contribution < 1.29 is 14.0 Å². The van der Waals surface area contributed by atoms with Crippen molar-refractivity contribution in [2.75, 3.05) is 18.0 Å². The highest BCUT2D eigenvalue weighted by molar-refractivity contribution is 9.10. The van der Waals surface area contributed by atoms with E-state index in [4.69, 9.17) is 0 Å². The van der Waals surface area contributed by atoms with E-state index < -0.39 is 17.6 Å². The van der Waals surface area contributed by atoms with Gasteiger partial charge in [0.2, 0.25) is 0 Å². The maximum absolute atomic E-state index is 13.1. The molecule has 0 heterocycles. The largest absolute Gasteiger partial charge is 0.372 e. The van der Waals surface area contributed by atoms with Crippen molar-refractivity contribution in [3.63, 3.8) is 0 Å². The summed E-state index contributed by atoms with van der Waals surface area (Å²) in [5, 5.41) is 0. The highest BCUT2D eigenvalue weighted by Gasteiger charge is 2.13. The molecular formula is C18H19BrFN3O2. The van der Waals surface area contributed by atoms with E-state index in [0.29, 0.717) is 10.0 Å². The Morgan fingerprint density at radius 2 is 1.60 bits per heavy atom. The summed E-state index contributed by atoms with van der Waals surface area (Å²) in [5.74, 6) is -1.43. The number of carbonyl (C=O) groups is 2. The Hall–Kier alpha value is -2.41. The SMILES string of the molecule is CCN(CC)c1ccc(C(=O)NNC(=O)c2ccc(F)cc2Br)cc1. The second-order valence-corrected chi connectivity index (χ2v) is 6.11. The van der Waals surface area contributed by atoms with Crippen LogP contribution in [0.5, 0.6) is 0 Å². The lowest BCUT2D eigenvalue weighted by Gasteiger charge is -2.21. The number of anilines is 1. The molecule has 0 radical (unpaired) electrons. The van der Waals surface area contributed by atoms with Crippen LogP contribution < -0.4 is 15.8 Å². The van der Waals surface area contributed by atoms with Gasteiger partial charge in [-0.05, 0) is 72.2 Å². The molecule has 2 amide bonds. The summed E-state index contributed by atoms with van der Waals surface area (Å²) in [6.45, 7) is 5.88. The van der Waals surface area contributed by atoms with Gasteiger partial charge in [0.1, 0.15) is 5.82 Å². The van der Waals surface area contributed by atoms with Gasteiger partial charge in [-0.3, -0.25) is 20.4 Å². The molecule has 0 atom stereocenters. The van der Waals surface area contributed by atoms with Crippen LogP contribution in [0.15, 0.2) is 46.9 Å². The topological polar surface area (TPSA) is 61.4 Å². The van der Waals surface area contributed by atoms with Crippen molar-refractivity contribution in [2.45, 2.75) is 13.8 Å². The highest BCUT2D eigenvalue weighted by Crippen LogP contribution is 2.18. The van der Waals surface area contributed by atoms with Gasteiger partial charge in [0.15, 0.2) is 0 Å². The van der Waals surface area contributed by atoms with Crippen molar-refractivity contribution in [1.82, 2.24) is 10.9 Å². The number of amides is 2. The lowest BCUT2D eigenvalue weighted by Crippen LogP contribution is -2.41. The fourth-order valence-corrected chi connectivity index (χ4v) is 2.87. The van der Waals surface area contributed by atoms with Gasteiger partial charge in [0.25, 0.3) is 11.8 Å². The van der Waals surface area contributed by atoms with Crippen LogP contribution in [0, 0.1) is 5.82 Å². The van der Waals surface area contributed by atoms with Crippen molar-refractivity contribution >= 4 is 33.4 Å². The first-order valence-corrected chi connectivity index (χ1v) is 8.66. The fourth-order valence-electron chi connectivity index (χ4n) is 2.34. The van der Waals surface area contributed by atoms with E-state index in [-0.39, 0.29) is 5.56 Å². The van der Waals surface area contributed by atoms with Gasteiger partial charge in [-0.15, -0.1) is 0 Å². The van der Waals surface area contributed by atoms with Crippen LogP contribution in [-0.4, -0.2) is 24.9 Å². The van der Waals surface area contributed by atoms with Gasteiger partial charge in [0, 0.05) is 28.8 Å². The molecule has 0 unspecified atom stereocenters. The van der Waals surface area contributed by atoms with Crippen molar-refractivity contribution in [3.05, 3.63) is 63.9 Å². The predicted octanol–water partition coefficient (Wildman–Crippen LogP) is 3.51. The molecule has 0 aliphatic rings. The van der Waals surface area contributed by atoms with E-state index in [0.717, 1.165) is 18.8 Å². The highest BCUT2D eigenvalue weighted by atomic mass is 79.9. The fraction of sp³-hybridized carbons (Fsp3) is 0.222. The third-order valence-electron chi connectivity index (χ3n) is 3.72. The molecule has 0 saturated heterocycles. The predicted molar refractivity (Wildman–Crippen MR) is 99.0 cm³/mol. The second kappa shape index (κ2) is 8.62. The number of rotatable bonds is 5. The average Bonchev–Trinajstić information content (AvgIpc) is 2.61. The van der Waals surface area contributed by atoms with E-state index in [1.54, 1.807) is 12.1 Å². The number of benzene rings is 2. The Morgan fingerprint density at radius 3 is 2.16 bits per heavy atom. The molecule has 0 aliphatic heterocycles. The molecule has 2 N–H and O–H groups in total. The third kappa shape index (κ3) is 4.79. The first-order valence-electron chi connectivity index (χ1n) is 7.87. The quantitative estimate of drug-likeness (QED) is 0.745. The number of halogens is 2. The van der Waals surface area contributed by atoms with Crippen LogP contribution in [0.3, 0.4) is 0 Å². The number of nitrogens with one attached hydrogen (secondary N) is 2. The standard InChI is InChI=1S/C18H19BrFN3O2/c1-3-23(4-2)14-8-5-12(6-9-14)17(24)21-22-18(25)15-10-7-13(20)11-16(15)19/h5-11H,3-4H2,1-2H3,(H,21,24)(H,22,25). The summed E-state index contributed by atoms with van der Waals surface area (Å²) >= 11 is 3.12. The molecule has 0 spiro atoms. The monoisotopic (exact) mass is 407 g/mol. The molecule has 2 aromatic rings. The molecule has 2 aromatic carbocycles. The maximum atomic E-state index is 13.1. The molecule has 2 rings (SSSR count). The minimum atomic E-state index is -0.542. The third-order valence-corrected chi connectivity index (χ3v) is 4.38. The molecular weight excluding hydrogens is 389 g/mol. The zero-order valence-corrected chi connectivity index (χ0v) is 15.6. The van der Waals surface area contributed by atoms with Crippen LogP contribution in [-0.2, 0) is 0 Å². The van der Waals surface area contributed by atoms with Crippen LogP contribution in [0.4, 0.5) is 10.1 Å². The molecule has 7 heteroatoms. The Balaban J connectivity index is 1.99. The van der Waals surface area contributed by atoms with E-state index in [1.807, 2.05) is 12.1 Å². The number of carbonyl (C=O) groups excluding carboxylic acids is 2. The van der Waals surface area contributed by atoms with Crippen molar-refractivity contribution in [1.29, 1.82) is 0 Å². The molecule has 132 valence electrons. The van der Waals surface area contributed by atoms with Crippen LogP contribution in [0.25, 0.3) is 0 Å². The van der Waals surface area contributed by atoms with Crippen LogP contribution >= 0.6 is 15.9 Å². The average molecular weight is 408 g/mol. The van der Waals surface area contributed by atoms with Crippen LogP contribution in [0.2, 0.25) is 0 Å². The molecule has 0 aromatic heterocycles. The van der Waals surface area contributed by atoms with E-state index in [1.165, 1.54) is 18.2 Å². The lowest BCUT2D eigenvalue weighted by molar-refractivity contribution is 0.0846. The smallest absolute Gasteiger partial charge is 0.270 e. The summed E-state index contributed by atoms with van der Waals surface area (Å²) < 4.78 is 13.4. The number of hydrazine groups is 1. The summed E-state index contributed by atoms with van der Waals surface area (Å²) in [6, 6.07) is 10.8. The van der Waals surface area contributed by atoms with E-state index in [9.17, 15) is 14.0 Å². The Labute approximate surface area is 154 Å². The minimum absolute atomic E-state index is 0.221. The van der Waals surface area contributed by atoms with Crippen molar-refractivity contribution in [2.24, 2.45) is 0 Å². The van der Waals surface area contributed by atoms with Crippen LogP contribution in [0.1, 0.15) is 34.6 Å². The summed E-state index contributed by atoms with van der Waals surface area (Å²) in [4.78, 5) is 26.3. The minimum Gasteiger partial charge on any atom is -0.372 e. The Morgan fingerprint density at radius 1 is 1.00 bits per heavy atom. The molecule has 25 heavy (non-hydrogen) atoms. The van der Waals surface area contributed by atoms with Gasteiger partial charge in [-0.2, -0.15) is 0 Å². The molecule has 0 bridgehead atoms. The Bertz CT molecular complexity index is 761. The normalized spacial score (nSPS) is 10.2. The van der Waals surface area contributed by atoms with Gasteiger partial charge in [-0.1, -0.05) is 0 Å². The van der Waals surface area contributed by atoms with Gasteiger partial charge in [-0.25, -0.2) is 4.39 Å². The number of hydrogen-bond donors (Lipinski definition) is 2. The summed E-state index contributed by atoms with van der Waals surface area (Å²) in [5.41, 5.74) is 6.34. The zero-order chi connectivity index (χ0) is 18.4. The lowest BCUT2D eigenvalue weighted by atomic mass is 10.2. The summed E-state index contributed by atoms with van der Waals surface area (Å²) in [7, 11) is 0. The molecule has 0 saturated carbocycles. The molecule has 0 aliphatic carbocycles. The summed E-state index contributed by atoms with van der Waals surface area (Å²) in [6.07, 6.45) is 0. The first kappa shape index (κ1) is 18.9.